The average Bonchev–Trinajstić information content (AvgIpc) is 3.50. The largest absolute Gasteiger partial charge is 0.497 e. The van der Waals surface area contributed by atoms with E-state index in [4.69, 9.17) is 9.47 Å². The number of ether oxygens (including phenoxy) is 2. The van der Waals surface area contributed by atoms with Crippen LogP contribution >= 0.6 is 22.7 Å². The van der Waals surface area contributed by atoms with Gasteiger partial charge in [0.2, 0.25) is 0 Å². The fourth-order valence-corrected chi connectivity index (χ4v) is 5.52. The summed E-state index contributed by atoms with van der Waals surface area (Å²) >= 11 is 2.83. The number of aromatic nitrogens is 2. The molecular weight excluding hydrogens is 482 g/mol. The van der Waals surface area contributed by atoms with Gasteiger partial charge in [0, 0.05) is 5.56 Å². The summed E-state index contributed by atoms with van der Waals surface area (Å²) < 4.78 is 12.8. The van der Waals surface area contributed by atoms with Crippen molar-refractivity contribution in [3.05, 3.63) is 72.3 Å². The Hall–Kier alpha value is -3.82. The maximum absolute atomic E-state index is 13.1. The molecule has 0 fully saturated rings. The molecule has 2 heterocycles. The third kappa shape index (κ3) is 4.73. The maximum Gasteiger partial charge on any atom is 0.339 e. The molecule has 7 nitrogen and oxygen atoms in total. The third-order valence-electron chi connectivity index (χ3n) is 5.41. The second kappa shape index (κ2) is 9.81. The average molecular weight is 504 g/mol. The molecule has 1 unspecified atom stereocenters. The summed E-state index contributed by atoms with van der Waals surface area (Å²) in [5, 5.41) is 3.94. The Morgan fingerprint density at radius 1 is 0.943 bits per heavy atom. The molecule has 0 spiro atoms. The number of benzene rings is 3. The van der Waals surface area contributed by atoms with Crippen LogP contribution in [0.25, 0.3) is 31.0 Å². The van der Waals surface area contributed by atoms with E-state index in [0.29, 0.717) is 28.4 Å². The molecule has 2 aromatic heterocycles. The van der Waals surface area contributed by atoms with E-state index in [1.165, 1.54) is 22.7 Å². The van der Waals surface area contributed by atoms with Gasteiger partial charge in [-0.05, 0) is 42.8 Å². The molecule has 1 amide bonds. The number of hydrogen-bond donors (Lipinski definition) is 1. The van der Waals surface area contributed by atoms with Gasteiger partial charge in [0.05, 0.1) is 33.1 Å². The minimum atomic E-state index is -0.965. The first-order valence-electron chi connectivity index (χ1n) is 11.0. The molecule has 0 radical (unpaired) electrons. The zero-order valence-electron chi connectivity index (χ0n) is 19.0. The number of methoxy groups -OCH3 is 1. The van der Waals surface area contributed by atoms with Crippen molar-refractivity contribution in [2.75, 3.05) is 12.4 Å². The van der Waals surface area contributed by atoms with E-state index >= 15 is 0 Å². The molecule has 0 saturated heterocycles. The monoisotopic (exact) mass is 503 g/mol. The van der Waals surface area contributed by atoms with Crippen LogP contribution in [0.4, 0.5) is 5.13 Å². The lowest BCUT2D eigenvalue weighted by molar-refractivity contribution is -0.124. The Morgan fingerprint density at radius 3 is 2.51 bits per heavy atom. The van der Waals surface area contributed by atoms with Crippen molar-refractivity contribution in [3.63, 3.8) is 0 Å². The predicted molar refractivity (Wildman–Crippen MR) is 139 cm³/mol. The van der Waals surface area contributed by atoms with Crippen molar-refractivity contribution in [1.82, 2.24) is 9.97 Å². The quantitative estimate of drug-likeness (QED) is 0.268. The number of carbonyl (C=O) groups is 2. The first kappa shape index (κ1) is 22.9. The number of esters is 1. The van der Waals surface area contributed by atoms with E-state index in [1.54, 1.807) is 26.2 Å². The number of fused-ring (bicyclic) bond motifs is 2. The van der Waals surface area contributed by atoms with E-state index in [-0.39, 0.29) is 0 Å². The summed E-state index contributed by atoms with van der Waals surface area (Å²) in [5.74, 6) is -0.286. The van der Waals surface area contributed by atoms with Crippen LogP contribution in [0, 0.1) is 0 Å². The summed E-state index contributed by atoms with van der Waals surface area (Å²) in [6.07, 6.45) is -0.646. The van der Waals surface area contributed by atoms with Gasteiger partial charge in [0.1, 0.15) is 10.8 Å². The first-order chi connectivity index (χ1) is 17.1. The van der Waals surface area contributed by atoms with Gasteiger partial charge in [-0.15, -0.1) is 11.3 Å². The highest BCUT2D eigenvalue weighted by Gasteiger charge is 2.25. The van der Waals surface area contributed by atoms with Crippen molar-refractivity contribution in [1.29, 1.82) is 0 Å². The summed E-state index contributed by atoms with van der Waals surface area (Å²) in [4.78, 5) is 35.2. The van der Waals surface area contributed by atoms with E-state index in [2.05, 4.69) is 15.3 Å². The van der Waals surface area contributed by atoms with E-state index in [1.807, 2.05) is 54.6 Å². The highest BCUT2D eigenvalue weighted by Crippen LogP contribution is 2.33. The minimum Gasteiger partial charge on any atom is -0.497 e. The van der Waals surface area contributed by atoms with Crippen LogP contribution in [0.15, 0.2) is 66.7 Å². The molecule has 176 valence electrons. The molecule has 0 aliphatic rings. The highest BCUT2D eigenvalue weighted by atomic mass is 32.1. The van der Waals surface area contributed by atoms with Crippen LogP contribution in [-0.4, -0.2) is 35.1 Å². The number of carbonyl (C=O) groups excluding carboxylic acids is 2. The topological polar surface area (TPSA) is 90.4 Å². The number of hydrogen-bond acceptors (Lipinski definition) is 8. The summed E-state index contributed by atoms with van der Waals surface area (Å²) in [6.45, 7) is 1.79. The molecule has 0 bridgehead atoms. The van der Waals surface area contributed by atoms with Crippen molar-refractivity contribution in [2.45, 2.75) is 19.4 Å². The van der Waals surface area contributed by atoms with Crippen LogP contribution in [0.5, 0.6) is 5.75 Å². The molecule has 3 aromatic carbocycles. The zero-order valence-corrected chi connectivity index (χ0v) is 20.6. The number of amides is 1. The van der Waals surface area contributed by atoms with Crippen LogP contribution in [0.1, 0.15) is 23.7 Å². The Morgan fingerprint density at radius 2 is 1.71 bits per heavy atom. The molecular formula is C26H21N3O4S2. The van der Waals surface area contributed by atoms with Gasteiger partial charge in [0.15, 0.2) is 11.2 Å². The SMILES string of the molecule is CCC(OC(=O)c1ccccc1-c1nc2ccccc2s1)C(=O)Nc1nc2ccc(OC)cc2s1. The van der Waals surface area contributed by atoms with E-state index in [9.17, 15) is 9.59 Å². The Kier molecular flexibility index (Phi) is 6.43. The summed E-state index contributed by atoms with van der Waals surface area (Å²) in [6, 6.07) is 20.5. The molecule has 5 rings (SSSR count). The lowest BCUT2D eigenvalue weighted by Crippen LogP contribution is -2.32. The number of rotatable bonds is 7. The Labute approximate surface area is 209 Å². The van der Waals surface area contributed by atoms with Crippen molar-refractivity contribution < 1.29 is 19.1 Å². The maximum atomic E-state index is 13.1. The van der Waals surface area contributed by atoms with E-state index < -0.39 is 18.0 Å². The Balaban J connectivity index is 1.34. The number of thiazole rings is 2. The van der Waals surface area contributed by atoms with Crippen LogP contribution < -0.4 is 10.1 Å². The number of para-hydroxylation sites is 1. The molecule has 0 saturated carbocycles. The molecule has 1 atom stereocenters. The summed E-state index contributed by atoms with van der Waals surface area (Å²) in [5.41, 5.74) is 2.66. The third-order valence-corrected chi connectivity index (χ3v) is 7.41. The van der Waals surface area contributed by atoms with Gasteiger partial charge in [-0.25, -0.2) is 14.8 Å². The standard InChI is InChI=1S/C26H21N3O4S2/c1-3-20(23(30)29-26-28-19-13-12-15(32-2)14-22(19)35-26)33-25(31)17-9-5-4-8-16(17)24-27-18-10-6-7-11-21(18)34-24/h4-14,20H,3H2,1-2H3,(H,28,29,30). The van der Waals surface area contributed by atoms with Crippen molar-refractivity contribution >= 4 is 60.1 Å². The van der Waals surface area contributed by atoms with Crippen molar-refractivity contribution in [3.8, 4) is 16.3 Å². The normalized spacial score (nSPS) is 11.9. The lowest BCUT2D eigenvalue weighted by atomic mass is 10.1. The van der Waals surface area contributed by atoms with Crippen LogP contribution in [0.2, 0.25) is 0 Å². The van der Waals surface area contributed by atoms with E-state index in [0.717, 1.165) is 25.4 Å². The van der Waals surface area contributed by atoms with Gasteiger partial charge >= 0.3 is 5.97 Å². The van der Waals surface area contributed by atoms with Crippen molar-refractivity contribution in [2.24, 2.45) is 0 Å². The highest BCUT2D eigenvalue weighted by molar-refractivity contribution is 7.22. The zero-order chi connectivity index (χ0) is 24.4. The molecule has 0 aliphatic heterocycles. The molecule has 35 heavy (non-hydrogen) atoms. The lowest BCUT2D eigenvalue weighted by Gasteiger charge is -2.16. The van der Waals surface area contributed by atoms with Gasteiger partial charge in [-0.2, -0.15) is 0 Å². The fourth-order valence-electron chi connectivity index (χ4n) is 3.62. The van der Waals surface area contributed by atoms with Crippen LogP contribution in [-0.2, 0) is 9.53 Å². The molecule has 5 aromatic rings. The molecule has 9 heteroatoms. The second-order valence-corrected chi connectivity index (χ2v) is 9.74. The number of nitrogens with one attached hydrogen (secondary N) is 1. The number of nitrogens with zero attached hydrogens (tertiary/aromatic N) is 2. The smallest absolute Gasteiger partial charge is 0.339 e. The minimum absolute atomic E-state index is 0.319. The van der Waals surface area contributed by atoms with Crippen LogP contribution in [0.3, 0.4) is 0 Å². The fraction of sp³-hybridized carbons (Fsp3) is 0.154. The number of anilines is 1. The van der Waals surface area contributed by atoms with Gasteiger partial charge in [0.25, 0.3) is 5.91 Å². The molecule has 1 N–H and O–H groups in total. The predicted octanol–water partition coefficient (Wildman–Crippen LogP) is 6.16. The van der Waals surface area contributed by atoms with Gasteiger partial charge in [-0.3, -0.25) is 10.1 Å². The Bertz CT molecular complexity index is 1510. The van der Waals surface area contributed by atoms with Gasteiger partial charge in [-0.1, -0.05) is 48.6 Å². The molecule has 0 aliphatic carbocycles. The van der Waals surface area contributed by atoms with Gasteiger partial charge < -0.3 is 9.47 Å². The summed E-state index contributed by atoms with van der Waals surface area (Å²) in [7, 11) is 1.60. The second-order valence-electron chi connectivity index (χ2n) is 7.68. The first-order valence-corrected chi connectivity index (χ1v) is 12.6.